The van der Waals surface area contributed by atoms with Crippen LogP contribution in [-0.2, 0) is 0 Å². The number of nitrogens with zero attached hydrogens (tertiary/aromatic N) is 2. The lowest BCUT2D eigenvalue weighted by Crippen LogP contribution is -2.50. The lowest BCUT2D eigenvalue weighted by atomic mass is 9.89. The molecule has 2 amide bonds. The number of carbonyl (C=O) groups is 1. The molecule has 2 aliphatic carbocycles. The molecule has 1 heterocycles. The van der Waals surface area contributed by atoms with Gasteiger partial charge >= 0.3 is 6.03 Å². The van der Waals surface area contributed by atoms with E-state index in [-0.39, 0.29) is 6.03 Å². The van der Waals surface area contributed by atoms with Gasteiger partial charge in [0, 0.05) is 12.1 Å². The van der Waals surface area contributed by atoms with E-state index < -0.39 is 0 Å². The van der Waals surface area contributed by atoms with Crippen molar-refractivity contribution in [2.75, 3.05) is 5.32 Å². The molecule has 3 rings (SSSR count). The summed E-state index contributed by atoms with van der Waals surface area (Å²) in [5, 5.41) is 3.66. The van der Waals surface area contributed by atoms with Gasteiger partial charge in [-0.3, -0.25) is 5.32 Å². The van der Waals surface area contributed by atoms with Gasteiger partial charge in [-0.25, -0.2) is 9.78 Å². The van der Waals surface area contributed by atoms with Crippen LogP contribution in [0.1, 0.15) is 64.2 Å². The Morgan fingerprint density at radius 2 is 1.64 bits per heavy atom. The largest absolute Gasteiger partial charge is 0.324 e. The highest BCUT2D eigenvalue weighted by Crippen LogP contribution is 2.31. The van der Waals surface area contributed by atoms with E-state index in [1.54, 1.807) is 6.20 Å². The van der Waals surface area contributed by atoms with E-state index in [1.165, 1.54) is 49.9 Å². The zero-order valence-corrected chi connectivity index (χ0v) is 14.7. The molecule has 0 radical (unpaired) electrons. The Kier molecular flexibility index (Phi) is 5.63. The van der Waals surface area contributed by atoms with Gasteiger partial charge in [-0.15, -0.1) is 12.6 Å². The van der Waals surface area contributed by atoms with Crippen molar-refractivity contribution in [3.05, 3.63) is 6.20 Å². The second-order valence-corrected chi connectivity index (χ2v) is 8.24. The van der Waals surface area contributed by atoms with Gasteiger partial charge in [-0.2, -0.15) is 0 Å². The molecule has 1 aromatic heterocycles. The highest BCUT2D eigenvalue weighted by molar-refractivity contribution is 7.83. The monoisotopic (exact) mass is 339 g/mol. The molecule has 0 atom stereocenters. The predicted octanol–water partition coefficient (Wildman–Crippen LogP) is 4.93. The number of hydrogen-bond donors (Lipinski definition) is 2. The summed E-state index contributed by atoms with van der Waals surface area (Å²) in [7, 11) is 0. The van der Waals surface area contributed by atoms with Gasteiger partial charge in [-0.05, 0) is 25.7 Å². The molecule has 4 nitrogen and oxygen atoms in total. The van der Waals surface area contributed by atoms with Gasteiger partial charge < -0.3 is 4.90 Å². The molecule has 2 aliphatic rings. The number of rotatable bonds is 3. The fraction of sp³-hybridized carbons (Fsp3) is 0.750. The summed E-state index contributed by atoms with van der Waals surface area (Å²) >= 11 is 5.69. The summed E-state index contributed by atoms with van der Waals surface area (Å²) in [6.07, 6.45) is 13.9. The van der Waals surface area contributed by atoms with Crippen molar-refractivity contribution in [1.29, 1.82) is 0 Å². The molecule has 0 saturated heterocycles. The standard InChI is InChI=1S/C16H25N3OS2/c20-16(18-15-17-11-14(21)22-15)19(12-7-3-1-4-8-12)13-9-5-2-6-10-13/h11-13,21H,1-10H2,(H,17,18,20). The summed E-state index contributed by atoms with van der Waals surface area (Å²) in [6, 6.07) is 0.862. The van der Waals surface area contributed by atoms with Crippen LogP contribution in [0.2, 0.25) is 0 Å². The Bertz CT molecular complexity index is 475. The molecule has 1 N–H and O–H groups in total. The van der Waals surface area contributed by atoms with E-state index in [0.717, 1.165) is 29.9 Å². The predicted molar refractivity (Wildman–Crippen MR) is 94.0 cm³/mol. The second-order valence-electron chi connectivity index (χ2n) is 6.42. The van der Waals surface area contributed by atoms with Crippen molar-refractivity contribution in [1.82, 2.24) is 9.88 Å². The quantitative estimate of drug-likeness (QED) is 0.767. The number of thiazole rings is 1. The van der Waals surface area contributed by atoms with E-state index >= 15 is 0 Å². The molecule has 0 aromatic carbocycles. The number of nitrogens with one attached hydrogen (secondary N) is 1. The molecule has 0 spiro atoms. The first kappa shape index (κ1) is 16.1. The van der Waals surface area contributed by atoms with Crippen LogP contribution in [0.15, 0.2) is 10.4 Å². The minimum absolute atomic E-state index is 0.0430. The van der Waals surface area contributed by atoms with Crippen molar-refractivity contribution in [3.63, 3.8) is 0 Å². The molecule has 0 bridgehead atoms. The van der Waals surface area contributed by atoms with Crippen molar-refractivity contribution in [3.8, 4) is 0 Å². The Hall–Kier alpha value is -0.750. The third-order valence-corrected chi connectivity index (χ3v) is 5.98. The molecule has 0 aliphatic heterocycles. The number of amides is 2. The van der Waals surface area contributed by atoms with Crippen LogP contribution in [-0.4, -0.2) is 28.0 Å². The van der Waals surface area contributed by atoms with Crippen molar-refractivity contribution >= 4 is 35.1 Å². The SMILES string of the molecule is O=C(Nc1ncc(S)s1)N(C1CCCCC1)C1CCCCC1. The Morgan fingerprint density at radius 1 is 1.09 bits per heavy atom. The Labute approximate surface area is 142 Å². The maximum atomic E-state index is 12.9. The van der Waals surface area contributed by atoms with Crippen molar-refractivity contribution in [2.24, 2.45) is 0 Å². The maximum Gasteiger partial charge on any atom is 0.324 e. The summed E-state index contributed by atoms with van der Waals surface area (Å²) in [4.78, 5) is 19.3. The van der Waals surface area contributed by atoms with Gasteiger partial charge in [0.15, 0.2) is 5.13 Å². The number of hydrogen-bond acceptors (Lipinski definition) is 4. The molecule has 6 heteroatoms. The third-order valence-electron chi connectivity index (χ3n) is 4.88. The minimum Gasteiger partial charge on any atom is -0.319 e. The third kappa shape index (κ3) is 3.96. The Morgan fingerprint density at radius 3 is 2.09 bits per heavy atom. The number of thiol groups is 1. The molecule has 2 fully saturated rings. The fourth-order valence-corrected chi connectivity index (χ4v) is 4.69. The van der Waals surface area contributed by atoms with E-state index in [4.69, 9.17) is 0 Å². The number of anilines is 1. The molecule has 1 aromatic rings. The van der Waals surface area contributed by atoms with Gasteiger partial charge in [0.1, 0.15) is 0 Å². The first-order valence-electron chi connectivity index (χ1n) is 8.48. The molecule has 0 unspecified atom stereocenters. The fourth-order valence-electron chi connectivity index (χ4n) is 3.83. The highest BCUT2D eigenvalue weighted by Gasteiger charge is 2.32. The molecule has 122 valence electrons. The van der Waals surface area contributed by atoms with Crippen molar-refractivity contribution in [2.45, 2.75) is 80.5 Å². The summed E-state index contributed by atoms with van der Waals surface area (Å²) in [5.74, 6) is 0. The summed E-state index contributed by atoms with van der Waals surface area (Å²) in [5.41, 5.74) is 0. The van der Waals surface area contributed by atoms with E-state index in [9.17, 15) is 4.79 Å². The average molecular weight is 340 g/mol. The number of carbonyl (C=O) groups excluding carboxylic acids is 1. The normalized spacial score (nSPS) is 20.8. The lowest BCUT2D eigenvalue weighted by molar-refractivity contribution is 0.114. The van der Waals surface area contributed by atoms with Crippen molar-refractivity contribution < 1.29 is 4.79 Å². The molecule has 2 saturated carbocycles. The smallest absolute Gasteiger partial charge is 0.319 e. The summed E-state index contributed by atoms with van der Waals surface area (Å²) in [6.45, 7) is 0. The first-order chi connectivity index (χ1) is 10.7. The molecular formula is C16H25N3OS2. The van der Waals surface area contributed by atoms with E-state index in [1.807, 2.05) is 0 Å². The maximum absolute atomic E-state index is 12.9. The average Bonchev–Trinajstić information content (AvgIpc) is 2.95. The highest BCUT2D eigenvalue weighted by atomic mass is 32.2. The molecular weight excluding hydrogens is 314 g/mol. The van der Waals surface area contributed by atoms with Crippen LogP contribution < -0.4 is 5.32 Å². The van der Waals surface area contributed by atoms with Gasteiger partial charge in [0.2, 0.25) is 0 Å². The molecule has 22 heavy (non-hydrogen) atoms. The second kappa shape index (κ2) is 7.68. The van der Waals surface area contributed by atoms with Crippen LogP contribution >= 0.6 is 24.0 Å². The van der Waals surface area contributed by atoms with E-state index in [0.29, 0.717) is 17.2 Å². The summed E-state index contributed by atoms with van der Waals surface area (Å²) < 4.78 is 0.831. The topological polar surface area (TPSA) is 45.2 Å². The minimum atomic E-state index is 0.0430. The number of aromatic nitrogens is 1. The van der Waals surface area contributed by atoms with Crippen LogP contribution in [0, 0.1) is 0 Å². The van der Waals surface area contributed by atoms with Gasteiger partial charge in [-0.1, -0.05) is 49.9 Å². The first-order valence-corrected chi connectivity index (χ1v) is 9.74. The Balaban J connectivity index is 1.72. The van der Waals surface area contributed by atoms with Gasteiger partial charge in [0.05, 0.1) is 10.4 Å². The van der Waals surface area contributed by atoms with Crippen LogP contribution in [0.5, 0.6) is 0 Å². The van der Waals surface area contributed by atoms with E-state index in [2.05, 4.69) is 27.8 Å². The van der Waals surface area contributed by atoms with Crippen LogP contribution in [0.25, 0.3) is 0 Å². The van der Waals surface area contributed by atoms with Gasteiger partial charge in [0.25, 0.3) is 0 Å². The lowest BCUT2D eigenvalue weighted by Gasteiger charge is -2.41. The zero-order valence-electron chi connectivity index (χ0n) is 13.0. The number of urea groups is 1. The van der Waals surface area contributed by atoms with Crippen LogP contribution in [0.3, 0.4) is 0 Å². The zero-order chi connectivity index (χ0) is 15.4. The van der Waals surface area contributed by atoms with Crippen LogP contribution in [0.4, 0.5) is 9.93 Å².